The molecular weight excluding hydrogens is 292 g/mol. The van der Waals surface area contributed by atoms with Crippen LogP contribution in [0.3, 0.4) is 0 Å². The lowest BCUT2D eigenvalue weighted by Crippen LogP contribution is -2.42. The van der Waals surface area contributed by atoms with Crippen LogP contribution in [0, 0.1) is 53.3 Å². The molecule has 4 nitrogen and oxygen atoms in total. The topological polar surface area (TPSA) is 52.6 Å². The van der Waals surface area contributed by atoms with E-state index in [-0.39, 0.29) is 12.1 Å². The van der Waals surface area contributed by atoms with Crippen molar-refractivity contribution in [3.8, 4) is 0 Å². The van der Waals surface area contributed by atoms with Gasteiger partial charge in [-0.25, -0.2) is 0 Å². The third-order valence-electron chi connectivity index (χ3n) is 8.27. The Hall–Kier alpha value is -1.06. The number of carbonyl (C=O) groups excluding carboxylic acids is 2. The molecule has 10 atom stereocenters. The summed E-state index contributed by atoms with van der Waals surface area (Å²) in [5.74, 6) is 5.04. The summed E-state index contributed by atoms with van der Waals surface area (Å²) in [5, 5.41) is 0. The van der Waals surface area contributed by atoms with E-state index < -0.39 is 11.9 Å². The normalized spacial score (nSPS) is 56.0. The number of hydrogen-bond donors (Lipinski definition) is 0. The lowest BCUT2D eigenvalue weighted by atomic mass is 9.64. The van der Waals surface area contributed by atoms with Gasteiger partial charge in [0.2, 0.25) is 0 Å². The van der Waals surface area contributed by atoms with Crippen molar-refractivity contribution < 1.29 is 19.1 Å². The fourth-order valence-electron chi connectivity index (χ4n) is 7.24. The van der Waals surface area contributed by atoms with Crippen molar-refractivity contribution in [3.63, 3.8) is 0 Å². The first-order valence-corrected chi connectivity index (χ1v) is 9.43. The van der Waals surface area contributed by atoms with Gasteiger partial charge in [0.05, 0.1) is 6.61 Å². The van der Waals surface area contributed by atoms with Crippen LogP contribution in [0.4, 0.5) is 0 Å². The number of hydrogen-bond acceptors (Lipinski definition) is 4. The lowest BCUT2D eigenvalue weighted by Gasteiger charge is -2.43. The first-order chi connectivity index (χ1) is 11.1. The van der Waals surface area contributed by atoms with Crippen molar-refractivity contribution in [1.29, 1.82) is 0 Å². The van der Waals surface area contributed by atoms with E-state index >= 15 is 0 Å². The van der Waals surface area contributed by atoms with E-state index in [0.717, 1.165) is 47.8 Å². The quantitative estimate of drug-likeness (QED) is 0.446. The predicted molar refractivity (Wildman–Crippen MR) is 82.1 cm³/mol. The van der Waals surface area contributed by atoms with Crippen molar-refractivity contribution >= 4 is 11.9 Å². The van der Waals surface area contributed by atoms with Gasteiger partial charge in [-0.15, -0.1) is 0 Å². The van der Waals surface area contributed by atoms with E-state index in [1.54, 1.807) is 0 Å². The molecule has 5 fully saturated rings. The van der Waals surface area contributed by atoms with Crippen LogP contribution >= 0.6 is 0 Å². The molecule has 0 radical (unpaired) electrons. The molecule has 0 amide bonds. The zero-order chi connectivity index (χ0) is 15.9. The van der Waals surface area contributed by atoms with Crippen LogP contribution in [-0.2, 0) is 19.1 Å². The first kappa shape index (κ1) is 14.3. The van der Waals surface area contributed by atoms with Crippen molar-refractivity contribution in [3.05, 3.63) is 0 Å². The summed E-state index contributed by atoms with van der Waals surface area (Å²) < 4.78 is 10.7. The number of cyclic esters (lactones) is 1. The fourth-order valence-corrected chi connectivity index (χ4v) is 7.24. The molecule has 0 aromatic rings. The van der Waals surface area contributed by atoms with Crippen LogP contribution in [-0.4, -0.2) is 24.6 Å². The minimum absolute atomic E-state index is 0.0593. The molecule has 126 valence electrons. The Bertz CT molecular complexity index is 558. The van der Waals surface area contributed by atoms with Gasteiger partial charge in [0, 0.05) is 6.42 Å². The average Bonchev–Trinajstić information content (AvgIpc) is 3.26. The molecule has 0 aromatic heterocycles. The molecule has 5 rings (SSSR count). The molecule has 1 saturated heterocycles. The SMILES string of the molecule is CC1C(C)C2CC1C1C3CC(OC(=O)C4CCOC4=O)C(C3)C21. The molecule has 5 aliphatic rings. The maximum Gasteiger partial charge on any atom is 0.320 e. The smallest absolute Gasteiger partial charge is 0.320 e. The predicted octanol–water partition coefficient (Wildman–Crippen LogP) is 2.66. The summed E-state index contributed by atoms with van der Waals surface area (Å²) in [4.78, 5) is 23.9. The van der Waals surface area contributed by atoms with E-state index in [1.165, 1.54) is 12.8 Å². The highest BCUT2D eigenvalue weighted by molar-refractivity contribution is 5.96. The second-order valence-electron chi connectivity index (χ2n) is 8.82. The summed E-state index contributed by atoms with van der Waals surface area (Å²) in [6.07, 6.45) is 4.23. The van der Waals surface area contributed by atoms with Crippen LogP contribution in [0.1, 0.15) is 39.5 Å². The molecule has 4 heteroatoms. The molecule has 23 heavy (non-hydrogen) atoms. The van der Waals surface area contributed by atoms with Gasteiger partial charge in [-0.2, -0.15) is 0 Å². The van der Waals surface area contributed by atoms with Gasteiger partial charge in [0.25, 0.3) is 0 Å². The van der Waals surface area contributed by atoms with E-state index in [9.17, 15) is 9.59 Å². The number of carbonyl (C=O) groups is 2. The Morgan fingerprint density at radius 2 is 1.78 bits per heavy atom. The standard InChI is InChI=1S/C19H26O4/c1-8-9(2)13-7-12(8)16-10-5-14(17(13)16)15(6-10)23-19(21)11-3-4-22-18(11)20/h8-17H,3-7H2,1-2H3. The van der Waals surface area contributed by atoms with Crippen molar-refractivity contribution in [2.45, 2.75) is 45.6 Å². The maximum absolute atomic E-state index is 12.3. The molecule has 4 bridgehead atoms. The Balaban J connectivity index is 1.31. The van der Waals surface area contributed by atoms with Crippen molar-refractivity contribution in [1.82, 2.24) is 0 Å². The lowest BCUT2D eigenvalue weighted by molar-refractivity contribution is -0.164. The van der Waals surface area contributed by atoms with Crippen molar-refractivity contribution in [2.75, 3.05) is 6.61 Å². The van der Waals surface area contributed by atoms with Crippen LogP contribution in [0.25, 0.3) is 0 Å². The summed E-state index contributed by atoms with van der Waals surface area (Å²) >= 11 is 0. The number of rotatable bonds is 2. The molecule has 0 N–H and O–H groups in total. The first-order valence-electron chi connectivity index (χ1n) is 9.43. The highest BCUT2D eigenvalue weighted by Gasteiger charge is 2.66. The van der Waals surface area contributed by atoms with Crippen LogP contribution in [0.2, 0.25) is 0 Å². The summed E-state index contributed by atoms with van der Waals surface area (Å²) in [6.45, 7) is 5.23. The van der Waals surface area contributed by atoms with Gasteiger partial charge in [-0.3, -0.25) is 9.59 Å². The zero-order valence-corrected chi connectivity index (χ0v) is 13.9. The third-order valence-corrected chi connectivity index (χ3v) is 8.27. The second kappa shape index (κ2) is 4.73. The van der Waals surface area contributed by atoms with E-state index in [2.05, 4.69) is 13.8 Å². The molecule has 1 heterocycles. The maximum atomic E-state index is 12.3. The van der Waals surface area contributed by atoms with Gasteiger partial charge in [-0.05, 0) is 66.6 Å². The molecular formula is C19H26O4. The van der Waals surface area contributed by atoms with E-state index in [4.69, 9.17) is 9.47 Å². The molecule has 10 unspecified atom stereocenters. The summed E-state index contributed by atoms with van der Waals surface area (Å²) in [6, 6.07) is 0. The van der Waals surface area contributed by atoms with Gasteiger partial charge in [-0.1, -0.05) is 13.8 Å². The van der Waals surface area contributed by atoms with Crippen LogP contribution in [0.5, 0.6) is 0 Å². The number of ether oxygens (including phenoxy) is 2. The van der Waals surface area contributed by atoms with Crippen molar-refractivity contribution in [2.24, 2.45) is 53.3 Å². The largest absolute Gasteiger partial charge is 0.465 e. The summed E-state index contributed by atoms with van der Waals surface area (Å²) in [5.41, 5.74) is 0. The van der Waals surface area contributed by atoms with Crippen LogP contribution < -0.4 is 0 Å². The van der Waals surface area contributed by atoms with Crippen LogP contribution in [0.15, 0.2) is 0 Å². The van der Waals surface area contributed by atoms with Gasteiger partial charge in [0.1, 0.15) is 6.10 Å². The highest BCUT2D eigenvalue weighted by atomic mass is 16.6. The molecule has 4 saturated carbocycles. The molecule has 1 aliphatic heterocycles. The minimum atomic E-state index is -0.663. The highest BCUT2D eigenvalue weighted by Crippen LogP contribution is 2.70. The molecule has 4 aliphatic carbocycles. The average molecular weight is 318 g/mol. The van der Waals surface area contributed by atoms with Gasteiger partial charge >= 0.3 is 11.9 Å². The number of fused-ring (bicyclic) bond motifs is 9. The number of esters is 2. The van der Waals surface area contributed by atoms with E-state index in [1.807, 2.05) is 0 Å². The Morgan fingerprint density at radius 1 is 1.04 bits per heavy atom. The Kier molecular flexibility index (Phi) is 2.94. The third kappa shape index (κ3) is 1.78. The van der Waals surface area contributed by atoms with Gasteiger partial charge < -0.3 is 9.47 Å². The Labute approximate surface area is 137 Å². The van der Waals surface area contributed by atoms with E-state index in [0.29, 0.717) is 18.9 Å². The molecule has 0 aromatic carbocycles. The summed E-state index contributed by atoms with van der Waals surface area (Å²) in [7, 11) is 0. The fraction of sp³-hybridized carbons (Fsp3) is 0.895. The zero-order valence-electron chi connectivity index (χ0n) is 13.9. The minimum Gasteiger partial charge on any atom is -0.465 e. The van der Waals surface area contributed by atoms with Gasteiger partial charge in [0.15, 0.2) is 5.92 Å². The molecule has 0 spiro atoms. The Morgan fingerprint density at radius 3 is 2.48 bits per heavy atom. The monoisotopic (exact) mass is 318 g/mol. The second-order valence-corrected chi connectivity index (χ2v) is 8.82.